The molecule has 110 valence electrons. The molecule has 20 heavy (non-hydrogen) atoms. The summed E-state index contributed by atoms with van der Waals surface area (Å²) in [4.78, 5) is 23.0. The molecule has 0 saturated heterocycles. The maximum Gasteiger partial charge on any atom is 0.329 e. The second-order valence-corrected chi connectivity index (χ2v) is 4.87. The van der Waals surface area contributed by atoms with Crippen molar-refractivity contribution in [2.24, 2.45) is 5.92 Å². The standard InChI is InChI=1S/C13H14F3NO3/c1-6(2)13(3,12(19)20)17-11(18)7-4-8(14)10(16)9(15)5-7/h4-6H,1-3H3,(H,17,18)(H,19,20)/t13-/m1/s1. The zero-order chi connectivity index (χ0) is 15.7. The quantitative estimate of drug-likeness (QED) is 0.836. The summed E-state index contributed by atoms with van der Waals surface area (Å²) in [5.41, 5.74) is -2.10. The fourth-order valence-corrected chi connectivity index (χ4v) is 1.44. The third-order valence-corrected chi connectivity index (χ3v) is 3.22. The lowest BCUT2D eigenvalue weighted by molar-refractivity contribution is -0.145. The minimum absolute atomic E-state index is 0.473. The van der Waals surface area contributed by atoms with Crippen molar-refractivity contribution in [3.63, 3.8) is 0 Å². The molecule has 0 radical (unpaired) electrons. The Balaban J connectivity index is 3.11. The van der Waals surface area contributed by atoms with Crippen molar-refractivity contribution in [3.8, 4) is 0 Å². The van der Waals surface area contributed by atoms with Gasteiger partial charge in [-0.3, -0.25) is 4.79 Å². The first-order valence-corrected chi connectivity index (χ1v) is 5.80. The van der Waals surface area contributed by atoms with Crippen molar-refractivity contribution < 1.29 is 27.9 Å². The smallest absolute Gasteiger partial charge is 0.329 e. The molecule has 0 bridgehead atoms. The Labute approximate surface area is 113 Å². The van der Waals surface area contributed by atoms with Gasteiger partial charge in [-0.1, -0.05) is 13.8 Å². The number of aliphatic carboxylic acids is 1. The Bertz CT molecular complexity index is 537. The minimum Gasteiger partial charge on any atom is -0.480 e. The van der Waals surface area contributed by atoms with Gasteiger partial charge in [0.25, 0.3) is 5.91 Å². The lowest BCUT2D eigenvalue weighted by atomic mass is 9.88. The van der Waals surface area contributed by atoms with Crippen LogP contribution in [0.3, 0.4) is 0 Å². The van der Waals surface area contributed by atoms with E-state index in [0.29, 0.717) is 12.1 Å². The predicted octanol–water partition coefficient (Wildman–Crippen LogP) is 2.33. The molecule has 1 rings (SSSR count). The highest BCUT2D eigenvalue weighted by molar-refractivity contribution is 5.97. The maximum absolute atomic E-state index is 13.0. The third-order valence-electron chi connectivity index (χ3n) is 3.22. The molecule has 0 aromatic heterocycles. The van der Waals surface area contributed by atoms with Crippen LogP contribution in [-0.4, -0.2) is 22.5 Å². The minimum atomic E-state index is -1.69. The molecule has 7 heteroatoms. The summed E-state index contributed by atoms with van der Waals surface area (Å²) in [5, 5.41) is 11.3. The molecular weight excluding hydrogens is 275 g/mol. The monoisotopic (exact) mass is 289 g/mol. The summed E-state index contributed by atoms with van der Waals surface area (Å²) in [6.07, 6.45) is 0. The first kappa shape index (κ1) is 16.0. The summed E-state index contributed by atoms with van der Waals surface area (Å²) in [6, 6.07) is 1.02. The van der Waals surface area contributed by atoms with Gasteiger partial charge in [-0.05, 0) is 25.0 Å². The normalized spacial score (nSPS) is 13.9. The zero-order valence-corrected chi connectivity index (χ0v) is 11.1. The van der Waals surface area contributed by atoms with Crippen molar-refractivity contribution in [1.82, 2.24) is 5.32 Å². The number of carbonyl (C=O) groups excluding carboxylic acids is 1. The number of carbonyl (C=O) groups is 2. The van der Waals surface area contributed by atoms with Gasteiger partial charge in [-0.15, -0.1) is 0 Å². The molecule has 0 saturated carbocycles. The van der Waals surface area contributed by atoms with Crippen LogP contribution in [0, 0.1) is 23.4 Å². The van der Waals surface area contributed by atoms with Crippen molar-refractivity contribution >= 4 is 11.9 Å². The molecule has 1 aromatic rings. The van der Waals surface area contributed by atoms with Gasteiger partial charge >= 0.3 is 5.97 Å². The molecule has 1 amide bonds. The highest BCUT2D eigenvalue weighted by atomic mass is 19.2. The zero-order valence-electron chi connectivity index (χ0n) is 11.1. The van der Waals surface area contributed by atoms with E-state index in [1.165, 1.54) is 6.92 Å². The number of halogens is 3. The molecule has 1 atom stereocenters. The van der Waals surface area contributed by atoms with Crippen LogP contribution in [0.1, 0.15) is 31.1 Å². The highest BCUT2D eigenvalue weighted by Gasteiger charge is 2.38. The largest absolute Gasteiger partial charge is 0.480 e. The average molecular weight is 289 g/mol. The highest BCUT2D eigenvalue weighted by Crippen LogP contribution is 2.19. The van der Waals surface area contributed by atoms with Crippen LogP contribution >= 0.6 is 0 Å². The van der Waals surface area contributed by atoms with Crippen LogP contribution in [-0.2, 0) is 4.79 Å². The van der Waals surface area contributed by atoms with E-state index >= 15 is 0 Å². The number of amides is 1. The lowest BCUT2D eigenvalue weighted by Crippen LogP contribution is -2.55. The summed E-state index contributed by atoms with van der Waals surface area (Å²) >= 11 is 0. The van der Waals surface area contributed by atoms with E-state index in [-0.39, 0.29) is 0 Å². The molecule has 0 fully saturated rings. The van der Waals surface area contributed by atoms with E-state index in [2.05, 4.69) is 5.32 Å². The van der Waals surface area contributed by atoms with E-state index in [4.69, 9.17) is 5.11 Å². The predicted molar refractivity (Wildman–Crippen MR) is 64.7 cm³/mol. The van der Waals surface area contributed by atoms with Crippen molar-refractivity contribution in [2.75, 3.05) is 0 Å². The number of nitrogens with one attached hydrogen (secondary N) is 1. The van der Waals surface area contributed by atoms with Crippen LogP contribution in [0.25, 0.3) is 0 Å². The second-order valence-electron chi connectivity index (χ2n) is 4.87. The number of carboxylic acid groups (broad SMARTS) is 1. The van der Waals surface area contributed by atoms with E-state index in [0.717, 1.165) is 0 Å². The van der Waals surface area contributed by atoms with Gasteiger partial charge in [-0.2, -0.15) is 0 Å². The first-order valence-electron chi connectivity index (χ1n) is 5.80. The molecular formula is C13H14F3NO3. The van der Waals surface area contributed by atoms with Crippen LogP contribution < -0.4 is 5.32 Å². The van der Waals surface area contributed by atoms with Gasteiger partial charge in [0.1, 0.15) is 5.54 Å². The van der Waals surface area contributed by atoms with Crippen LogP contribution in [0.15, 0.2) is 12.1 Å². The molecule has 0 aliphatic heterocycles. The van der Waals surface area contributed by atoms with E-state index < -0.39 is 46.3 Å². The molecule has 0 aliphatic carbocycles. The van der Waals surface area contributed by atoms with E-state index in [1.54, 1.807) is 13.8 Å². The third kappa shape index (κ3) is 2.92. The Morgan fingerprint density at radius 1 is 1.20 bits per heavy atom. The van der Waals surface area contributed by atoms with Gasteiger partial charge in [0, 0.05) is 5.56 Å². The summed E-state index contributed by atoms with van der Waals surface area (Å²) in [6.45, 7) is 4.41. The molecule has 0 aliphatic rings. The first-order chi connectivity index (χ1) is 9.09. The molecule has 0 heterocycles. The lowest BCUT2D eigenvalue weighted by Gasteiger charge is -2.30. The van der Waals surface area contributed by atoms with Crippen molar-refractivity contribution in [2.45, 2.75) is 26.3 Å². The average Bonchev–Trinajstić information content (AvgIpc) is 2.34. The van der Waals surface area contributed by atoms with Gasteiger partial charge < -0.3 is 10.4 Å². The van der Waals surface area contributed by atoms with E-state index in [1.807, 2.05) is 0 Å². The summed E-state index contributed by atoms with van der Waals surface area (Å²) in [7, 11) is 0. The van der Waals surface area contributed by atoms with Gasteiger partial charge in [0.05, 0.1) is 0 Å². The maximum atomic E-state index is 13.0. The van der Waals surface area contributed by atoms with Gasteiger partial charge in [0.15, 0.2) is 17.5 Å². The second kappa shape index (κ2) is 5.52. The number of benzene rings is 1. The molecule has 2 N–H and O–H groups in total. The Kier molecular flexibility index (Phi) is 4.42. The fourth-order valence-electron chi connectivity index (χ4n) is 1.44. The number of rotatable bonds is 4. The number of hydrogen-bond donors (Lipinski definition) is 2. The molecule has 4 nitrogen and oxygen atoms in total. The molecule has 1 aromatic carbocycles. The Morgan fingerprint density at radius 2 is 1.65 bits per heavy atom. The van der Waals surface area contributed by atoms with Crippen molar-refractivity contribution in [3.05, 3.63) is 35.1 Å². The van der Waals surface area contributed by atoms with E-state index in [9.17, 15) is 22.8 Å². The molecule has 0 unspecified atom stereocenters. The number of carboxylic acids is 1. The van der Waals surface area contributed by atoms with Crippen molar-refractivity contribution in [1.29, 1.82) is 0 Å². The Morgan fingerprint density at radius 3 is 2.00 bits per heavy atom. The summed E-state index contributed by atoms with van der Waals surface area (Å²) < 4.78 is 38.9. The van der Waals surface area contributed by atoms with Gasteiger partial charge in [0.2, 0.25) is 0 Å². The Hall–Kier alpha value is -2.05. The van der Waals surface area contributed by atoms with Crippen LogP contribution in [0.5, 0.6) is 0 Å². The topological polar surface area (TPSA) is 66.4 Å². The van der Waals surface area contributed by atoms with Crippen LogP contribution in [0.4, 0.5) is 13.2 Å². The number of hydrogen-bond acceptors (Lipinski definition) is 2. The summed E-state index contributed by atoms with van der Waals surface area (Å²) in [5.74, 6) is -7.48. The van der Waals surface area contributed by atoms with Crippen LogP contribution in [0.2, 0.25) is 0 Å². The SMILES string of the molecule is CC(C)[C@@](C)(NC(=O)c1cc(F)c(F)c(F)c1)C(=O)O. The van der Waals surface area contributed by atoms with Gasteiger partial charge in [-0.25, -0.2) is 18.0 Å². The fraction of sp³-hybridized carbons (Fsp3) is 0.385. The molecule has 0 spiro atoms.